The van der Waals surface area contributed by atoms with Crippen molar-refractivity contribution in [3.8, 4) is 5.75 Å². The summed E-state index contributed by atoms with van der Waals surface area (Å²) >= 11 is 1.40. The Kier molecular flexibility index (Phi) is 3.57. The van der Waals surface area contributed by atoms with Crippen LogP contribution < -0.4 is 25.4 Å². The SMILES string of the molecule is NC(=O)COc1ccc(C=c2sc3n(c2=O)CCN=3)cc1. The van der Waals surface area contributed by atoms with Gasteiger partial charge in [-0.15, -0.1) is 0 Å². The maximum Gasteiger partial charge on any atom is 0.270 e. The standard InChI is InChI=1S/C14H13N3O3S/c15-12(18)8-20-10-3-1-9(2-4-10)7-11-13(19)17-6-5-16-14(17)21-11/h1-4,7H,5-6,8H2,(H2,15,18). The highest BCUT2D eigenvalue weighted by Gasteiger charge is 2.09. The number of carbonyl (C=O) groups excluding carboxylic acids is 1. The third kappa shape index (κ3) is 2.87. The monoisotopic (exact) mass is 303 g/mol. The van der Waals surface area contributed by atoms with Crippen LogP contribution in [0.2, 0.25) is 0 Å². The van der Waals surface area contributed by atoms with E-state index in [1.165, 1.54) is 11.3 Å². The van der Waals surface area contributed by atoms with Gasteiger partial charge in [-0.05, 0) is 23.8 Å². The summed E-state index contributed by atoms with van der Waals surface area (Å²) in [5.41, 5.74) is 5.90. The predicted octanol–water partition coefficient (Wildman–Crippen LogP) is -0.764. The van der Waals surface area contributed by atoms with E-state index in [9.17, 15) is 9.59 Å². The highest BCUT2D eigenvalue weighted by molar-refractivity contribution is 7.07. The second-order valence-corrected chi connectivity index (χ2v) is 5.56. The molecule has 1 amide bonds. The van der Waals surface area contributed by atoms with Gasteiger partial charge in [-0.25, -0.2) is 0 Å². The van der Waals surface area contributed by atoms with Crippen molar-refractivity contribution in [3.63, 3.8) is 0 Å². The van der Waals surface area contributed by atoms with Gasteiger partial charge in [-0.3, -0.25) is 19.1 Å². The molecule has 1 aliphatic heterocycles. The lowest BCUT2D eigenvalue weighted by Crippen LogP contribution is -2.29. The molecule has 2 N–H and O–H groups in total. The van der Waals surface area contributed by atoms with Crippen LogP contribution in [0.15, 0.2) is 34.1 Å². The number of nitrogens with zero attached hydrogens (tertiary/aromatic N) is 2. The number of primary amides is 1. The minimum Gasteiger partial charge on any atom is -0.484 e. The molecule has 0 bridgehead atoms. The summed E-state index contributed by atoms with van der Waals surface area (Å²) in [7, 11) is 0. The van der Waals surface area contributed by atoms with Gasteiger partial charge >= 0.3 is 0 Å². The van der Waals surface area contributed by atoms with Gasteiger partial charge in [0.2, 0.25) is 0 Å². The fraction of sp³-hybridized carbons (Fsp3) is 0.214. The molecule has 1 aromatic carbocycles. The topological polar surface area (TPSA) is 86.7 Å². The third-order valence-electron chi connectivity index (χ3n) is 3.02. The molecule has 7 heteroatoms. The van der Waals surface area contributed by atoms with E-state index in [0.29, 0.717) is 23.4 Å². The Balaban J connectivity index is 1.87. The van der Waals surface area contributed by atoms with Gasteiger partial charge in [0.15, 0.2) is 11.4 Å². The summed E-state index contributed by atoms with van der Waals surface area (Å²) < 4.78 is 7.54. The average molecular weight is 303 g/mol. The molecule has 0 atom stereocenters. The van der Waals surface area contributed by atoms with E-state index in [0.717, 1.165) is 10.4 Å². The van der Waals surface area contributed by atoms with Crippen LogP contribution in [-0.4, -0.2) is 23.6 Å². The number of amides is 1. The summed E-state index contributed by atoms with van der Waals surface area (Å²) in [5.74, 6) is 0.0434. The van der Waals surface area contributed by atoms with E-state index < -0.39 is 5.91 Å². The fourth-order valence-corrected chi connectivity index (χ4v) is 3.06. The molecular formula is C14H13N3O3S. The van der Waals surface area contributed by atoms with Crippen molar-refractivity contribution >= 4 is 23.3 Å². The Hall–Kier alpha value is -2.41. The summed E-state index contributed by atoms with van der Waals surface area (Å²) in [6.07, 6.45) is 1.83. The Morgan fingerprint density at radius 2 is 2.19 bits per heavy atom. The lowest BCUT2D eigenvalue weighted by atomic mass is 10.2. The molecule has 0 aliphatic carbocycles. The quantitative estimate of drug-likeness (QED) is 0.805. The molecule has 1 aliphatic rings. The predicted molar refractivity (Wildman–Crippen MR) is 78.9 cm³/mol. The highest BCUT2D eigenvalue weighted by atomic mass is 32.1. The summed E-state index contributed by atoms with van der Waals surface area (Å²) in [5, 5.41) is 0. The molecule has 2 heterocycles. The normalized spacial score (nSPS) is 13.8. The van der Waals surface area contributed by atoms with Crippen LogP contribution in [0.1, 0.15) is 5.56 Å². The minimum absolute atomic E-state index is 0.00491. The van der Waals surface area contributed by atoms with Crippen molar-refractivity contribution in [2.45, 2.75) is 6.54 Å². The molecule has 0 saturated heterocycles. The van der Waals surface area contributed by atoms with Crippen LogP contribution in [-0.2, 0) is 11.3 Å². The summed E-state index contributed by atoms with van der Waals surface area (Å²) in [6.45, 7) is 1.20. The molecule has 1 aromatic heterocycles. The van der Waals surface area contributed by atoms with E-state index in [-0.39, 0.29) is 12.2 Å². The van der Waals surface area contributed by atoms with Gasteiger partial charge in [-0.1, -0.05) is 23.5 Å². The van der Waals surface area contributed by atoms with Crippen LogP contribution in [0.25, 0.3) is 6.08 Å². The maximum absolute atomic E-state index is 12.1. The second-order valence-electron chi connectivity index (χ2n) is 4.56. The van der Waals surface area contributed by atoms with Crippen molar-refractivity contribution in [1.29, 1.82) is 0 Å². The number of ether oxygens (including phenoxy) is 1. The molecular weight excluding hydrogens is 290 g/mol. The molecule has 0 spiro atoms. The first-order valence-corrected chi connectivity index (χ1v) is 7.22. The molecule has 108 valence electrons. The number of hydrogen-bond acceptors (Lipinski definition) is 5. The first-order chi connectivity index (χ1) is 10.1. The fourth-order valence-electron chi connectivity index (χ4n) is 2.03. The van der Waals surface area contributed by atoms with Crippen molar-refractivity contribution in [2.75, 3.05) is 13.2 Å². The number of fused-ring (bicyclic) bond motifs is 1. The van der Waals surface area contributed by atoms with Crippen LogP contribution in [0.3, 0.4) is 0 Å². The number of carbonyl (C=O) groups is 1. The van der Waals surface area contributed by atoms with Gasteiger partial charge in [0.1, 0.15) is 5.75 Å². The van der Waals surface area contributed by atoms with E-state index in [2.05, 4.69) is 4.99 Å². The maximum atomic E-state index is 12.1. The van der Waals surface area contributed by atoms with E-state index in [1.54, 1.807) is 16.7 Å². The van der Waals surface area contributed by atoms with Gasteiger partial charge in [0, 0.05) is 6.54 Å². The van der Waals surface area contributed by atoms with Crippen LogP contribution in [0.4, 0.5) is 0 Å². The van der Waals surface area contributed by atoms with Gasteiger partial charge in [0.05, 0.1) is 11.1 Å². The zero-order chi connectivity index (χ0) is 14.8. The second kappa shape index (κ2) is 5.53. The Bertz CT molecular complexity index is 849. The zero-order valence-corrected chi connectivity index (χ0v) is 11.9. The Labute approximate surface area is 123 Å². The average Bonchev–Trinajstić information content (AvgIpc) is 3.03. The van der Waals surface area contributed by atoms with Crippen LogP contribution in [0, 0.1) is 0 Å². The zero-order valence-electron chi connectivity index (χ0n) is 11.1. The first kappa shape index (κ1) is 13.6. The lowest BCUT2D eigenvalue weighted by Gasteiger charge is -2.03. The lowest BCUT2D eigenvalue weighted by molar-refractivity contribution is -0.119. The molecule has 0 saturated carbocycles. The Morgan fingerprint density at radius 3 is 2.86 bits per heavy atom. The number of hydrogen-bond donors (Lipinski definition) is 1. The molecule has 0 fully saturated rings. The number of aromatic nitrogens is 1. The van der Waals surface area contributed by atoms with E-state index in [4.69, 9.17) is 10.5 Å². The van der Waals surface area contributed by atoms with Crippen LogP contribution in [0.5, 0.6) is 5.75 Å². The van der Waals surface area contributed by atoms with Crippen LogP contribution >= 0.6 is 11.3 Å². The highest BCUT2D eigenvalue weighted by Crippen LogP contribution is 2.12. The molecule has 21 heavy (non-hydrogen) atoms. The largest absolute Gasteiger partial charge is 0.484 e. The first-order valence-electron chi connectivity index (χ1n) is 6.40. The molecule has 2 aromatic rings. The molecule has 3 rings (SSSR count). The summed E-state index contributed by atoms with van der Waals surface area (Å²) in [4.78, 5) is 27.8. The number of rotatable bonds is 4. The number of nitrogens with two attached hydrogens (primary N) is 1. The molecule has 0 radical (unpaired) electrons. The van der Waals surface area contributed by atoms with Crippen molar-refractivity contribution in [1.82, 2.24) is 4.57 Å². The molecule has 0 unspecified atom stereocenters. The smallest absolute Gasteiger partial charge is 0.270 e. The molecule has 6 nitrogen and oxygen atoms in total. The van der Waals surface area contributed by atoms with Gasteiger partial charge in [0.25, 0.3) is 11.5 Å². The van der Waals surface area contributed by atoms with E-state index in [1.807, 2.05) is 18.2 Å². The van der Waals surface area contributed by atoms with Gasteiger partial charge < -0.3 is 10.5 Å². The minimum atomic E-state index is -0.518. The Morgan fingerprint density at radius 1 is 1.43 bits per heavy atom. The van der Waals surface area contributed by atoms with E-state index >= 15 is 0 Å². The van der Waals surface area contributed by atoms with Crippen molar-refractivity contribution in [2.24, 2.45) is 10.7 Å². The van der Waals surface area contributed by atoms with Gasteiger partial charge in [-0.2, -0.15) is 0 Å². The number of thiazole rings is 1. The summed E-state index contributed by atoms with van der Waals surface area (Å²) in [6, 6.07) is 7.11. The van der Waals surface area contributed by atoms with Crippen molar-refractivity contribution < 1.29 is 9.53 Å². The third-order valence-corrected chi connectivity index (χ3v) is 4.06. The van der Waals surface area contributed by atoms with Crippen molar-refractivity contribution in [3.05, 3.63) is 49.5 Å². The number of benzene rings is 1.